The normalized spacial score (nSPS) is 36.2. The molecule has 1 saturated carbocycles. The molecule has 1 rings (SSSR count). The average Bonchev–Trinajstić information content (AvgIpc) is 1.85. The molecule has 0 spiro atoms. The summed E-state index contributed by atoms with van der Waals surface area (Å²) in [5, 5.41) is 11.5. The minimum atomic E-state index is -0.279. The second-order valence-corrected chi connectivity index (χ2v) is 4.36. The third-order valence-corrected chi connectivity index (χ3v) is 2.96. The maximum atomic E-state index is 11.5. The van der Waals surface area contributed by atoms with Crippen LogP contribution in [-0.4, -0.2) is 6.10 Å². The van der Waals surface area contributed by atoms with E-state index >= 15 is 0 Å². The molecule has 1 fully saturated rings. The van der Waals surface area contributed by atoms with Crippen LogP contribution in [0.3, 0.4) is 0 Å². The minimum Gasteiger partial charge on any atom is -0.852 e. The van der Waals surface area contributed by atoms with Gasteiger partial charge in [0.05, 0.1) is 0 Å². The molecular formula is C10H19KO. The summed E-state index contributed by atoms with van der Waals surface area (Å²) in [5.41, 5.74) is 0. The summed E-state index contributed by atoms with van der Waals surface area (Å²) in [6.07, 6.45) is 3.05. The molecule has 0 amide bonds. The van der Waals surface area contributed by atoms with Gasteiger partial charge in [-0.3, -0.25) is 0 Å². The molecular weight excluding hydrogens is 175 g/mol. The van der Waals surface area contributed by atoms with Gasteiger partial charge in [-0.05, 0) is 11.8 Å². The Labute approximate surface area is 119 Å². The van der Waals surface area contributed by atoms with Gasteiger partial charge in [0.1, 0.15) is 0 Å². The van der Waals surface area contributed by atoms with Crippen molar-refractivity contribution in [3.8, 4) is 0 Å². The molecule has 0 aromatic carbocycles. The van der Waals surface area contributed by atoms with Gasteiger partial charge >= 0.3 is 51.4 Å². The Kier molecular flexibility index (Phi) is 6.97. The molecule has 1 aliphatic rings. The maximum Gasteiger partial charge on any atom is 1.00 e. The summed E-state index contributed by atoms with van der Waals surface area (Å²) >= 11 is 0. The zero-order valence-corrected chi connectivity index (χ0v) is 12.0. The van der Waals surface area contributed by atoms with Crippen LogP contribution >= 0.6 is 0 Å². The Balaban J connectivity index is 0.00000121. The molecule has 0 N–H and O–H groups in total. The Morgan fingerprint density at radius 2 is 1.83 bits per heavy atom. The second kappa shape index (κ2) is 6.15. The number of hydrogen-bond donors (Lipinski definition) is 0. The molecule has 12 heavy (non-hydrogen) atoms. The molecule has 0 aromatic rings. The quantitative estimate of drug-likeness (QED) is 0.482. The van der Waals surface area contributed by atoms with Crippen molar-refractivity contribution in [3.63, 3.8) is 0 Å². The van der Waals surface area contributed by atoms with Gasteiger partial charge in [-0.1, -0.05) is 46.0 Å². The van der Waals surface area contributed by atoms with Crippen molar-refractivity contribution in [2.45, 2.75) is 46.1 Å². The third kappa shape index (κ3) is 3.77. The van der Waals surface area contributed by atoms with E-state index in [0.717, 1.165) is 12.8 Å². The van der Waals surface area contributed by atoms with Gasteiger partial charge in [-0.15, -0.1) is 6.10 Å². The van der Waals surface area contributed by atoms with E-state index in [1.165, 1.54) is 6.42 Å². The zero-order chi connectivity index (χ0) is 8.43. The Morgan fingerprint density at radius 3 is 2.25 bits per heavy atom. The van der Waals surface area contributed by atoms with Crippen LogP contribution in [0.1, 0.15) is 40.0 Å². The first kappa shape index (κ1) is 13.6. The van der Waals surface area contributed by atoms with Gasteiger partial charge in [0.15, 0.2) is 0 Å². The fraction of sp³-hybridized carbons (Fsp3) is 1.00. The van der Waals surface area contributed by atoms with Crippen LogP contribution in [0.2, 0.25) is 0 Å². The summed E-state index contributed by atoms with van der Waals surface area (Å²) in [6, 6.07) is 0. The van der Waals surface area contributed by atoms with Crippen molar-refractivity contribution in [3.05, 3.63) is 0 Å². The van der Waals surface area contributed by atoms with Crippen LogP contribution in [-0.2, 0) is 0 Å². The minimum absolute atomic E-state index is 0. The molecule has 0 aliphatic heterocycles. The van der Waals surface area contributed by atoms with Crippen LogP contribution in [0, 0.1) is 17.8 Å². The molecule has 0 bridgehead atoms. The van der Waals surface area contributed by atoms with E-state index in [2.05, 4.69) is 20.8 Å². The molecule has 0 aromatic heterocycles. The summed E-state index contributed by atoms with van der Waals surface area (Å²) < 4.78 is 0. The van der Waals surface area contributed by atoms with E-state index in [9.17, 15) is 5.11 Å². The molecule has 0 radical (unpaired) electrons. The first-order chi connectivity index (χ1) is 5.11. The van der Waals surface area contributed by atoms with Crippen LogP contribution in [0.4, 0.5) is 0 Å². The summed E-state index contributed by atoms with van der Waals surface area (Å²) in [4.78, 5) is 0. The van der Waals surface area contributed by atoms with Crippen LogP contribution < -0.4 is 56.5 Å². The predicted molar refractivity (Wildman–Crippen MR) is 45.1 cm³/mol. The first-order valence-corrected chi connectivity index (χ1v) is 4.77. The fourth-order valence-electron chi connectivity index (χ4n) is 2.11. The average molecular weight is 194 g/mol. The van der Waals surface area contributed by atoms with Crippen molar-refractivity contribution in [1.82, 2.24) is 0 Å². The summed E-state index contributed by atoms with van der Waals surface area (Å²) in [6.45, 7) is 6.54. The monoisotopic (exact) mass is 194 g/mol. The maximum absolute atomic E-state index is 11.5. The van der Waals surface area contributed by atoms with Crippen LogP contribution in [0.5, 0.6) is 0 Å². The van der Waals surface area contributed by atoms with E-state index in [1.807, 2.05) is 0 Å². The largest absolute Gasteiger partial charge is 1.00 e. The van der Waals surface area contributed by atoms with Crippen molar-refractivity contribution in [2.75, 3.05) is 0 Å². The Hall–Kier alpha value is 1.60. The topological polar surface area (TPSA) is 23.1 Å². The summed E-state index contributed by atoms with van der Waals surface area (Å²) in [5.74, 6) is 1.71. The standard InChI is InChI=1S/C10H19O.K/c1-7(2)9-5-4-8(3)6-10(9)11;/h7-10H,4-6H2,1-3H3;/q-1;+1/t8-,9+,10-;/m0./s1. The first-order valence-electron chi connectivity index (χ1n) is 4.77. The smallest absolute Gasteiger partial charge is 0.852 e. The molecule has 0 saturated heterocycles. The SMILES string of the molecule is CC(C)[C@H]1CC[C@H](C)C[C@@H]1[O-].[K+]. The Bertz CT molecular complexity index is 125. The number of hydrogen-bond acceptors (Lipinski definition) is 1. The van der Waals surface area contributed by atoms with Gasteiger partial charge in [-0.25, -0.2) is 0 Å². The molecule has 66 valence electrons. The van der Waals surface area contributed by atoms with Crippen molar-refractivity contribution < 1.29 is 56.5 Å². The molecule has 0 heterocycles. The van der Waals surface area contributed by atoms with Crippen molar-refractivity contribution in [1.29, 1.82) is 0 Å². The van der Waals surface area contributed by atoms with E-state index < -0.39 is 0 Å². The van der Waals surface area contributed by atoms with Gasteiger partial charge < -0.3 is 5.11 Å². The van der Waals surface area contributed by atoms with Gasteiger partial charge in [-0.2, -0.15) is 0 Å². The molecule has 2 heteroatoms. The van der Waals surface area contributed by atoms with E-state index in [-0.39, 0.29) is 57.5 Å². The second-order valence-electron chi connectivity index (χ2n) is 4.36. The molecule has 1 aliphatic carbocycles. The fourth-order valence-corrected chi connectivity index (χ4v) is 2.11. The molecule has 1 nitrogen and oxygen atoms in total. The van der Waals surface area contributed by atoms with Crippen molar-refractivity contribution in [2.24, 2.45) is 17.8 Å². The Morgan fingerprint density at radius 1 is 1.25 bits per heavy atom. The predicted octanol–water partition coefficient (Wildman–Crippen LogP) is -1.19. The van der Waals surface area contributed by atoms with Gasteiger partial charge in [0.2, 0.25) is 0 Å². The third-order valence-electron chi connectivity index (χ3n) is 2.96. The molecule has 0 unspecified atom stereocenters. The summed E-state index contributed by atoms with van der Waals surface area (Å²) in [7, 11) is 0. The van der Waals surface area contributed by atoms with E-state index in [0.29, 0.717) is 17.8 Å². The van der Waals surface area contributed by atoms with Crippen LogP contribution in [0.15, 0.2) is 0 Å². The van der Waals surface area contributed by atoms with Gasteiger partial charge in [0, 0.05) is 0 Å². The zero-order valence-electron chi connectivity index (χ0n) is 8.84. The number of rotatable bonds is 1. The molecule has 3 atom stereocenters. The van der Waals surface area contributed by atoms with E-state index in [4.69, 9.17) is 0 Å². The van der Waals surface area contributed by atoms with Gasteiger partial charge in [0.25, 0.3) is 0 Å². The van der Waals surface area contributed by atoms with E-state index in [1.54, 1.807) is 0 Å². The van der Waals surface area contributed by atoms with Crippen LogP contribution in [0.25, 0.3) is 0 Å². The van der Waals surface area contributed by atoms with Crippen molar-refractivity contribution >= 4 is 0 Å².